The number of carbonyl (C=O) groups excluding carboxylic acids is 1. The van der Waals surface area contributed by atoms with Gasteiger partial charge in [-0.1, -0.05) is 12.1 Å². The van der Waals surface area contributed by atoms with E-state index in [2.05, 4.69) is 5.32 Å². The van der Waals surface area contributed by atoms with Crippen molar-refractivity contribution in [2.24, 2.45) is 0 Å². The maximum absolute atomic E-state index is 12.9. The number of ether oxygens (including phenoxy) is 1. The molecule has 1 amide bonds. The van der Waals surface area contributed by atoms with E-state index < -0.39 is 5.60 Å². The number of nitriles is 1. The first kappa shape index (κ1) is 16.5. The predicted octanol–water partition coefficient (Wildman–Crippen LogP) is 3.17. The summed E-state index contributed by atoms with van der Waals surface area (Å²) in [6.45, 7) is 3.62. The van der Waals surface area contributed by atoms with E-state index in [0.717, 1.165) is 5.56 Å². The number of hydrogen-bond acceptors (Lipinski definition) is 3. The Kier molecular flexibility index (Phi) is 4.97. The van der Waals surface area contributed by atoms with Gasteiger partial charge in [0.25, 0.3) is 5.91 Å². The number of rotatable bonds is 5. The molecule has 23 heavy (non-hydrogen) atoms. The lowest BCUT2D eigenvalue weighted by Crippen LogP contribution is -2.46. The fourth-order valence-corrected chi connectivity index (χ4v) is 1.94. The van der Waals surface area contributed by atoms with Gasteiger partial charge in [0.15, 0.2) is 5.60 Å². The van der Waals surface area contributed by atoms with Crippen LogP contribution >= 0.6 is 0 Å². The van der Waals surface area contributed by atoms with Gasteiger partial charge < -0.3 is 10.1 Å². The zero-order chi connectivity index (χ0) is 16.9. The van der Waals surface area contributed by atoms with E-state index in [1.165, 1.54) is 24.3 Å². The molecule has 0 saturated heterocycles. The molecule has 2 rings (SSSR count). The van der Waals surface area contributed by atoms with E-state index >= 15 is 0 Å². The number of amides is 1. The molecule has 0 aliphatic carbocycles. The highest BCUT2D eigenvalue weighted by Crippen LogP contribution is 2.19. The number of nitrogens with one attached hydrogen (secondary N) is 1. The molecule has 0 bridgehead atoms. The zero-order valence-electron chi connectivity index (χ0n) is 13.0. The van der Waals surface area contributed by atoms with E-state index in [-0.39, 0.29) is 11.7 Å². The highest BCUT2D eigenvalue weighted by Gasteiger charge is 2.29. The van der Waals surface area contributed by atoms with Gasteiger partial charge in [-0.25, -0.2) is 4.39 Å². The highest BCUT2D eigenvalue weighted by molar-refractivity contribution is 5.84. The van der Waals surface area contributed by atoms with Gasteiger partial charge in [-0.3, -0.25) is 4.79 Å². The summed E-state index contributed by atoms with van der Waals surface area (Å²) in [5, 5.41) is 11.5. The Morgan fingerprint density at radius 1 is 1.17 bits per heavy atom. The number of carbonyl (C=O) groups is 1. The number of hydrogen-bond donors (Lipinski definition) is 1. The molecule has 4 nitrogen and oxygen atoms in total. The maximum Gasteiger partial charge on any atom is 0.263 e. The summed E-state index contributed by atoms with van der Waals surface area (Å²) >= 11 is 0. The van der Waals surface area contributed by atoms with Crippen LogP contribution in [0.3, 0.4) is 0 Å². The van der Waals surface area contributed by atoms with Crippen molar-refractivity contribution < 1.29 is 13.9 Å². The molecule has 0 atom stereocenters. The summed E-state index contributed by atoms with van der Waals surface area (Å²) in [4.78, 5) is 12.3. The Hall–Kier alpha value is -2.87. The molecule has 0 fully saturated rings. The molecule has 0 aliphatic heterocycles. The smallest absolute Gasteiger partial charge is 0.263 e. The maximum atomic E-state index is 12.9. The molecule has 5 heteroatoms. The molecule has 0 aromatic heterocycles. The lowest BCUT2D eigenvalue weighted by atomic mass is 10.1. The highest BCUT2D eigenvalue weighted by atomic mass is 19.1. The van der Waals surface area contributed by atoms with Crippen molar-refractivity contribution >= 4 is 5.91 Å². The number of benzene rings is 2. The van der Waals surface area contributed by atoms with Crippen LogP contribution in [0.2, 0.25) is 0 Å². The first-order valence-corrected chi connectivity index (χ1v) is 7.12. The van der Waals surface area contributed by atoms with Crippen LogP contribution < -0.4 is 10.1 Å². The second-order valence-electron chi connectivity index (χ2n) is 5.56. The zero-order valence-corrected chi connectivity index (χ0v) is 13.0. The van der Waals surface area contributed by atoms with Gasteiger partial charge >= 0.3 is 0 Å². The molecule has 0 heterocycles. The Bertz CT molecular complexity index is 716. The summed E-state index contributed by atoms with van der Waals surface area (Å²) in [5.74, 6) is -0.225. The van der Waals surface area contributed by atoms with Gasteiger partial charge in [-0.2, -0.15) is 5.26 Å². The molecule has 0 radical (unpaired) electrons. The van der Waals surface area contributed by atoms with Gasteiger partial charge in [0.2, 0.25) is 0 Å². The third kappa shape index (κ3) is 4.55. The lowest BCUT2D eigenvalue weighted by Gasteiger charge is -2.25. The van der Waals surface area contributed by atoms with Crippen molar-refractivity contribution in [3.05, 3.63) is 65.5 Å². The second kappa shape index (κ2) is 6.93. The monoisotopic (exact) mass is 312 g/mol. The molecule has 118 valence electrons. The standard InChI is InChI=1S/C18H17FN2O2/c1-18(2,23-16-9-7-15(19)8-10-16)17(22)21-12-14-5-3-13(11-20)4-6-14/h3-10H,12H2,1-2H3,(H,21,22). The predicted molar refractivity (Wildman–Crippen MR) is 84.1 cm³/mol. The third-order valence-electron chi connectivity index (χ3n) is 3.27. The van der Waals surface area contributed by atoms with Crippen LogP contribution in [0.4, 0.5) is 4.39 Å². The van der Waals surface area contributed by atoms with E-state index in [1.807, 2.05) is 6.07 Å². The minimum atomic E-state index is -1.09. The largest absolute Gasteiger partial charge is 0.478 e. The Morgan fingerprint density at radius 3 is 2.35 bits per heavy atom. The van der Waals surface area contributed by atoms with Crippen molar-refractivity contribution in [2.45, 2.75) is 26.0 Å². The molecule has 0 unspecified atom stereocenters. The average molecular weight is 312 g/mol. The molecular weight excluding hydrogens is 295 g/mol. The normalized spacial score (nSPS) is 10.7. The van der Waals surface area contributed by atoms with E-state index in [1.54, 1.807) is 38.1 Å². The summed E-state index contributed by atoms with van der Waals surface area (Å²) in [6.07, 6.45) is 0. The van der Waals surface area contributed by atoms with Crippen LogP contribution in [0.1, 0.15) is 25.0 Å². The molecule has 0 aliphatic rings. The topological polar surface area (TPSA) is 62.1 Å². The van der Waals surface area contributed by atoms with Gasteiger partial charge in [0.05, 0.1) is 11.6 Å². The van der Waals surface area contributed by atoms with Crippen molar-refractivity contribution in [3.63, 3.8) is 0 Å². The van der Waals surface area contributed by atoms with Gasteiger partial charge in [-0.15, -0.1) is 0 Å². The molecule has 1 N–H and O–H groups in total. The van der Waals surface area contributed by atoms with Crippen LogP contribution in [-0.2, 0) is 11.3 Å². The van der Waals surface area contributed by atoms with Crippen molar-refractivity contribution in [1.82, 2.24) is 5.32 Å². The molecular formula is C18H17FN2O2. The SMILES string of the molecule is CC(C)(Oc1ccc(F)cc1)C(=O)NCc1ccc(C#N)cc1. The van der Waals surface area contributed by atoms with Crippen LogP contribution in [0.5, 0.6) is 5.75 Å². The molecule has 2 aromatic carbocycles. The van der Waals surface area contributed by atoms with Gasteiger partial charge in [0, 0.05) is 6.54 Å². The molecule has 0 spiro atoms. The second-order valence-corrected chi connectivity index (χ2v) is 5.56. The van der Waals surface area contributed by atoms with Crippen molar-refractivity contribution in [2.75, 3.05) is 0 Å². The third-order valence-corrected chi connectivity index (χ3v) is 3.27. The number of halogens is 1. The van der Waals surface area contributed by atoms with Crippen LogP contribution in [0, 0.1) is 17.1 Å². The summed E-state index contributed by atoms with van der Waals surface area (Å²) in [5.41, 5.74) is 0.361. The minimum absolute atomic E-state index is 0.286. The molecule has 0 saturated carbocycles. The van der Waals surface area contributed by atoms with Gasteiger partial charge in [-0.05, 0) is 55.8 Å². The Morgan fingerprint density at radius 2 is 1.78 bits per heavy atom. The summed E-state index contributed by atoms with van der Waals surface area (Å²) < 4.78 is 18.5. The van der Waals surface area contributed by atoms with Crippen molar-refractivity contribution in [1.29, 1.82) is 5.26 Å². The van der Waals surface area contributed by atoms with Crippen LogP contribution in [0.15, 0.2) is 48.5 Å². The van der Waals surface area contributed by atoms with E-state index in [4.69, 9.17) is 10.00 Å². The first-order valence-electron chi connectivity index (χ1n) is 7.12. The minimum Gasteiger partial charge on any atom is -0.478 e. The van der Waals surface area contributed by atoms with Crippen molar-refractivity contribution in [3.8, 4) is 11.8 Å². The Labute approximate surface area is 134 Å². The fourth-order valence-electron chi connectivity index (χ4n) is 1.94. The van der Waals surface area contributed by atoms with Crippen LogP contribution in [0.25, 0.3) is 0 Å². The Balaban J connectivity index is 1.95. The van der Waals surface area contributed by atoms with E-state index in [9.17, 15) is 9.18 Å². The molecule has 2 aromatic rings. The quantitative estimate of drug-likeness (QED) is 0.922. The lowest BCUT2D eigenvalue weighted by molar-refractivity contribution is -0.134. The summed E-state index contributed by atoms with van der Waals surface area (Å²) in [6, 6.07) is 14.5. The first-order chi connectivity index (χ1) is 10.9. The average Bonchev–Trinajstić information content (AvgIpc) is 2.55. The van der Waals surface area contributed by atoms with Gasteiger partial charge in [0.1, 0.15) is 11.6 Å². The summed E-state index contributed by atoms with van der Waals surface area (Å²) in [7, 11) is 0. The van der Waals surface area contributed by atoms with Crippen LogP contribution in [-0.4, -0.2) is 11.5 Å². The number of nitrogens with zero attached hydrogens (tertiary/aromatic N) is 1. The van der Waals surface area contributed by atoms with E-state index in [0.29, 0.717) is 17.9 Å². The fraction of sp³-hybridized carbons (Fsp3) is 0.222.